The summed E-state index contributed by atoms with van der Waals surface area (Å²) in [7, 11) is 0. The maximum absolute atomic E-state index is 13.3. The van der Waals surface area contributed by atoms with E-state index in [1.807, 2.05) is 6.07 Å². The minimum absolute atomic E-state index is 0.0712. The first kappa shape index (κ1) is 23.3. The van der Waals surface area contributed by atoms with Crippen LogP contribution in [0.2, 0.25) is 5.02 Å². The summed E-state index contributed by atoms with van der Waals surface area (Å²) in [6.07, 6.45) is 2.71. The molecule has 1 amide bonds. The Morgan fingerprint density at radius 2 is 1.79 bits per heavy atom. The highest BCUT2D eigenvalue weighted by atomic mass is 35.5. The lowest BCUT2D eigenvalue weighted by atomic mass is 9.82. The third-order valence-corrected chi connectivity index (χ3v) is 7.25. The average molecular weight is 486 g/mol. The Hall–Kier alpha value is -2.84. The molecule has 172 valence electrons. The molecular formula is C24H24ClN3O4S. The number of hydrogen-bond donors (Lipinski definition) is 2. The largest absolute Gasteiger partial charge is 0.481 e. The molecule has 7 nitrogen and oxygen atoms in total. The third kappa shape index (κ3) is 5.57. The van der Waals surface area contributed by atoms with Gasteiger partial charge in [0.2, 0.25) is 5.91 Å². The van der Waals surface area contributed by atoms with Crippen molar-refractivity contribution in [2.24, 2.45) is 11.8 Å². The Labute approximate surface area is 200 Å². The van der Waals surface area contributed by atoms with Gasteiger partial charge in [0.1, 0.15) is 0 Å². The van der Waals surface area contributed by atoms with Crippen molar-refractivity contribution in [2.45, 2.75) is 37.4 Å². The number of para-hydroxylation sites is 2. The first-order valence-corrected chi connectivity index (χ1v) is 12.2. The maximum atomic E-state index is 13.3. The van der Waals surface area contributed by atoms with Crippen LogP contribution in [0.1, 0.15) is 25.7 Å². The molecular weight excluding hydrogens is 462 g/mol. The molecule has 2 aromatic carbocycles. The van der Waals surface area contributed by atoms with Crippen molar-refractivity contribution >= 4 is 51.8 Å². The first-order valence-electron chi connectivity index (χ1n) is 10.8. The summed E-state index contributed by atoms with van der Waals surface area (Å²) in [6.45, 7) is 0.456. The lowest BCUT2D eigenvalue weighted by Crippen LogP contribution is -2.30. The molecule has 3 aromatic rings. The number of carboxylic acids is 1. The van der Waals surface area contributed by atoms with E-state index in [0.29, 0.717) is 46.2 Å². The molecule has 0 radical (unpaired) electrons. The van der Waals surface area contributed by atoms with Gasteiger partial charge in [0, 0.05) is 6.54 Å². The monoisotopic (exact) mass is 485 g/mol. The van der Waals surface area contributed by atoms with E-state index in [-0.39, 0.29) is 29.1 Å². The molecule has 0 spiro atoms. The molecule has 2 N–H and O–H groups in total. The van der Waals surface area contributed by atoms with Crippen molar-refractivity contribution in [3.8, 4) is 0 Å². The molecule has 0 atom stereocenters. The molecule has 0 aliphatic heterocycles. The van der Waals surface area contributed by atoms with E-state index >= 15 is 0 Å². The Kier molecular flexibility index (Phi) is 7.35. The van der Waals surface area contributed by atoms with Crippen molar-refractivity contribution in [3.05, 3.63) is 63.9 Å². The van der Waals surface area contributed by atoms with E-state index in [2.05, 4.69) is 10.3 Å². The molecule has 1 fully saturated rings. The standard InChI is InChI=1S/C24H24ClN3O4S/c25-18-6-2-4-8-20(18)26-21(29)14-33-24-27-19-7-3-1-5-17(19)22(30)28(24)13-15-9-11-16(12-10-15)23(31)32/h1-8,15-16H,9-14H2,(H,26,29)(H,31,32). The Morgan fingerprint density at radius 3 is 2.52 bits per heavy atom. The minimum Gasteiger partial charge on any atom is -0.481 e. The number of benzene rings is 2. The molecule has 33 heavy (non-hydrogen) atoms. The van der Waals surface area contributed by atoms with Crippen molar-refractivity contribution in [1.82, 2.24) is 9.55 Å². The van der Waals surface area contributed by atoms with Crippen LogP contribution >= 0.6 is 23.4 Å². The van der Waals surface area contributed by atoms with Gasteiger partial charge in [-0.05, 0) is 55.9 Å². The zero-order valence-electron chi connectivity index (χ0n) is 17.9. The van der Waals surface area contributed by atoms with E-state index in [1.165, 1.54) is 11.8 Å². The number of nitrogens with zero attached hydrogens (tertiary/aromatic N) is 2. The van der Waals surface area contributed by atoms with Gasteiger partial charge in [-0.2, -0.15) is 0 Å². The fourth-order valence-electron chi connectivity index (χ4n) is 4.15. The summed E-state index contributed by atoms with van der Waals surface area (Å²) in [5, 5.41) is 13.5. The van der Waals surface area contributed by atoms with Gasteiger partial charge < -0.3 is 10.4 Å². The van der Waals surface area contributed by atoms with Gasteiger partial charge in [-0.3, -0.25) is 19.0 Å². The highest BCUT2D eigenvalue weighted by Gasteiger charge is 2.27. The number of aromatic nitrogens is 2. The number of rotatable bonds is 7. The minimum atomic E-state index is -0.751. The smallest absolute Gasteiger partial charge is 0.306 e. The molecule has 4 rings (SSSR count). The number of thioether (sulfide) groups is 1. The number of carboxylic acid groups (broad SMARTS) is 1. The lowest BCUT2D eigenvalue weighted by molar-refractivity contribution is -0.143. The fourth-order valence-corrected chi connectivity index (χ4v) is 5.14. The first-order chi connectivity index (χ1) is 15.9. The van der Waals surface area contributed by atoms with Gasteiger partial charge in [0.05, 0.1) is 33.3 Å². The third-order valence-electron chi connectivity index (χ3n) is 5.94. The van der Waals surface area contributed by atoms with Crippen LogP contribution in [0.5, 0.6) is 0 Å². The van der Waals surface area contributed by atoms with Crippen molar-refractivity contribution in [1.29, 1.82) is 0 Å². The van der Waals surface area contributed by atoms with Crippen LogP contribution in [0.3, 0.4) is 0 Å². The lowest BCUT2D eigenvalue weighted by Gasteiger charge is -2.27. The second kappa shape index (κ2) is 10.4. The second-order valence-electron chi connectivity index (χ2n) is 8.20. The van der Waals surface area contributed by atoms with E-state index < -0.39 is 5.97 Å². The zero-order valence-corrected chi connectivity index (χ0v) is 19.4. The van der Waals surface area contributed by atoms with Crippen LogP contribution in [0.15, 0.2) is 58.5 Å². The van der Waals surface area contributed by atoms with Crippen molar-refractivity contribution in [2.75, 3.05) is 11.1 Å². The van der Waals surface area contributed by atoms with Crippen LogP contribution in [0.25, 0.3) is 10.9 Å². The van der Waals surface area contributed by atoms with Gasteiger partial charge >= 0.3 is 5.97 Å². The molecule has 1 aromatic heterocycles. The van der Waals surface area contributed by atoms with Crippen molar-refractivity contribution < 1.29 is 14.7 Å². The van der Waals surface area contributed by atoms with E-state index in [1.54, 1.807) is 47.0 Å². The summed E-state index contributed by atoms with van der Waals surface area (Å²) in [6, 6.07) is 14.2. The van der Waals surface area contributed by atoms with Gasteiger partial charge in [0.15, 0.2) is 5.16 Å². The van der Waals surface area contributed by atoms with Crippen LogP contribution in [0.4, 0.5) is 5.69 Å². The van der Waals surface area contributed by atoms with E-state index in [0.717, 1.165) is 12.8 Å². The number of halogens is 1. The summed E-state index contributed by atoms with van der Waals surface area (Å²) in [4.78, 5) is 41.7. The molecule has 1 saturated carbocycles. The number of fused-ring (bicyclic) bond motifs is 1. The van der Waals surface area contributed by atoms with Gasteiger partial charge in [-0.25, -0.2) is 4.98 Å². The van der Waals surface area contributed by atoms with Crippen LogP contribution in [0, 0.1) is 11.8 Å². The van der Waals surface area contributed by atoms with E-state index in [4.69, 9.17) is 11.6 Å². The molecule has 0 unspecified atom stereocenters. The normalized spacial score (nSPS) is 18.2. The molecule has 0 bridgehead atoms. The Balaban J connectivity index is 1.53. The SMILES string of the molecule is O=C(CSc1nc2ccccc2c(=O)n1CC1CCC(C(=O)O)CC1)Nc1ccccc1Cl. The number of nitrogens with one attached hydrogen (secondary N) is 1. The predicted molar refractivity (Wildman–Crippen MR) is 130 cm³/mol. The topological polar surface area (TPSA) is 101 Å². The molecule has 9 heteroatoms. The molecule has 0 saturated heterocycles. The summed E-state index contributed by atoms with van der Waals surface area (Å²) in [5.74, 6) is -1.04. The summed E-state index contributed by atoms with van der Waals surface area (Å²) in [5.41, 5.74) is 0.973. The molecule has 1 aliphatic rings. The Bertz CT molecular complexity index is 1240. The van der Waals surface area contributed by atoms with Gasteiger partial charge in [-0.1, -0.05) is 47.6 Å². The zero-order chi connectivity index (χ0) is 23.4. The molecule has 1 aliphatic carbocycles. The highest BCUT2D eigenvalue weighted by Crippen LogP contribution is 2.31. The van der Waals surface area contributed by atoms with Gasteiger partial charge in [-0.15, -0.1) is 0 Å². The van der Waals surface area contributed by atoms with Gasteiger partial charge in [0.25, 0.3) is 5.56 Å². The maximum Gasteiger partial charge on any atom is 0.306 e. The number of anilines is 1. The number of amides is 1. The number of aliphatic carboxylic acids is 1. The quantitative estimate of drug-likeness (QED) is 0.372. The van der Waals surface area contributed by atoms with Crippen LogP contribution in [-0.2, 0) is 16.1 Å². The number of hydrogen-bond acceptors (Lipinski definition) is 5. The predicted octanol–water partition coefficient (Wildman–Crippen LogP) is 4.67. The number of carbonyl (C=O) groups excluding carboxylic acids is 1. The van der Waals surface area contributed by atoms with Crippen LogP contribution < -0.4 is 10.9 Å². The average Bonchev–Trinajstić information content (AvgIpc) is 2.81. The summed E-state index contributed by atoms with van der Waals surface area (Å²) >= 11 is 7.32. The van der Waals surface area contributed by atoms with Crippen LogP contribution in [-0.4, -0.2) is 32.3 Å². The van der Waals surface area contributed by atoms with Crippen molar-refractivity contribution in [3.63, 3.8) is 0 Å². The second-order valence-corrected chi connectivity index (χ2v) is 9.55. The molecule has 1 heterocycles. The van der Waals surface area contributed by atoms with E-state index in [9.17, 15) is 19.5 Å². The highest BCUT2D eigenvalue weighted by molar-refractivity contribution is 7.99. The summed E-state index contributed by atoms with van der Waals surface area (Å²) < 4.78 is 1.64. The Morgan fingerprint density at radius 1 is 1.09 bits per heavy atom. The fraction of sp³-hybridized carbons (Fsp3) is 0.333. The number of carbonyl (C=O) groups is 2.